The molecule has 2 heterocycles. The van der Waals surface area contributed by atoms with Crippen molar-refractivity contribution in [2.75, 3.05) is 13.1 Å². The quantitative estimate of drug-likeness (QED) is 0.780. The van der Waals surface area contributed by atoms with Crippen molar-refractivity contribution in [2.45, 2.75) is 16.7 Å². The lowest BCUT2D eigenvalue weighted by Crippen LogP contribution is -2.35. The number of hydrogen-bond donors (Lipinski definition) is 2. The molecule has 9 heteroatoms. The lowest BCUT2D eigenvalue weighted by Gasteiger charge is -2.10. The Morgan fingerprint density at radius 2 is 2.18 bits per heavy atom. The van der Waals surface area contributed by atoms with Crippen LogP contribution in [0.2, 0.25) is 0 Å². The largest absolute Gasteiger partial charge is 0.315 e. The maximum atomic E-state index is 12.0. The summed E-state index contributed by atoms with van der Waals surface area (Å²) in [6.45, 7) is 1.56. The van der Waals surface area contributed by atoms with Gasteiger partial charge in [0.25, 0.3) is 10.0 Å². The van der Waals surface area contributed by atoms with E-state index >= 15 is 0 Å². The second kappa shape index (κ2) is 6.31. The van der Waals surface area contributed by atoms with Crippen molar-refractivity contribution in [3.63, 3.8) is 0 Å². The zero-order chi connectivity index (χ0) is 11.8. The van der Waals surface area contributed by atoms with Gasteiger partial charge in [-0.1, -0.05) is 0 Å². The van der Waals surface area contributed by atoms with Crippen LogP contribution in [-0.2, 0) is 10.0 Å². The molecule has 17 heavy (non-hydrogen) atoms. The fraction of sp³-hybridized carbons (Fsp3) is 0.500. The zero-order valence-corrected chi connectivity index (χ0v) is 14.2. The average molecular weight is 427 g/mol. The van der Waals surface area contributed by atoms with Gasteiger partial charge in [-0.05, 0) is 44.8 Å². The van der Waals surface area contributed by atoms with E-state index in [0.29, 0.717) is 15.2 Å². The Bertz CT molecular complexity index is 486. The minimum atomic E-state index is -3.40. The molecule has 0 saturated carbocycles. The van der Waals surface area contributed by atoms with Crippen LogP contribution in [0.3, 0.4) is 0 Å². The SMILES string of the molecule is Cl.O=S(=O)(NC1CCNC1)c1scc(Br)c1Br. The summed E-state index contributed by atoms with van der Waals surface area (Å²) in [5.41, 5.74) is 0. The Labute approximate surface area is 127 Å². The topological polar surface area (TPSA) is 58.2 Å². The standard InChI is InChI=1S/C8H10Br2N2O2S2.ClH/c9-6-4-15-8(7(6)10)16(13,14)12-5-1-2-11-3-5;/h4-5,11-12H,1-3H2;1H. The molecule has 1 fully saturated rings. The fourth-order valence-corrected chi connectivity index (χ4v) is 5.87. The van der Waals surface area contributed by atoms with Crippen molar-refractivity contribution in [1.82, 2.24) is 10.0 Å². The average Bonchev–Trinajstić information content (AvgIpc) is 2.78. The normalized spacial score (nSPS) is 20.2. The van der Waals surface area contributed by atoms with Crippen LogP contribution in [-0.4, -0.2) is 27.5 Å². The molecule has 2 rings (SSSR count). The second-order valence-electron chi connectivity index (χ2n) is 3.50. The fourth-order valence-electron chi connectivity index (χ4n) is 1.52. The number of thiophene rings is 1. The number of rotatable bonds is 3. The first kappa shape index (κ1) is 15.9. The van der Waals surface area contributed by atoms with Gasteiger partial charge in [0, 0.05) is 22.4 Å². The molecule has 1 aromatic heterocycles. The van der Waals surface area contributed by atoms with Crippen molar-refractivity contribution >= 4 is 65.6 Å². The third-order valence-electron chi connectivity index (χ3n) is 2.28. The third-order valence-corrected chi connectivity index (χ3v) is 8.15. The minimum absolute atomic E-state index is 0. The molecular weight excluding hydrogens is 415 g/mol. The van der Waals surface area contributed by atoms with E-state index in [1.54, 1.807) is 5.38 Å². The van der Waals surface area contributed by atoms with Crippen LogP contribution in [0.15, 0.2) is 18.5 Å². The van der Waals surface area contributed by atoms with Crippen molar-refractivity contribution in [3.05, 3.63) is 14.3 Å². The number of halogens is 3. The zero-order valence-electron chi connectivity index (χ0n) is 8.57. The molecule has 1 unspecified atom stereocenters. The van der Waals surface area contributed by atoms with Crippen molar-refractivity contribution in [3.8, 4) is 0 Å². The maximum absolute atomic E-state index is 12.0. The van der Waals surface area contributed by atoms with Gasteiger partial charge in [0.1, 0.15) is 4.21 Å². The van der Waals surface area contributed by atoms with E-state index in [9.17, 15) is 8.42 Å². The summed E-state index contributed by atoms with van der Waals surface area (Å²) in [7, 11) is -3.40. The lowest BCUT2D eigenvalue weighted by atomic mass is 10.3. The van der Waals surface area contributed by atoms with Gasteiger partial charge in [-0.2, -0.15) is 0 Å². The molecule has 1 atom stereocenters. The van der Waals surface area contributed by atoms with Gasteiger partial charge in [-0.25, -0.2) is 13.1 Å². The monoisotopic (exact) mass is 424 g/mol. The van der Waals surface area contributed by atoms with E-state index in [0.717, 1.165) is 17.4 Å². The Morgan fingerprint density at radius 3 is 2.65 bits per heavy atom. The molecule has 0 spiro atoms. The Kier molecular flexibility index (Phi) is 5.90. The molecule has 1 saturated heterocycles. The molecule has 2 N–H and O–H groups in total. The van der Waals surface area contributed by atoms with Crippen LogP contribution in [0, 0.1) is 0 Å². The Hall–Kier alpha value is 0.820. The van der Waals surface area contributed by atoms with Crippen LogP contribution in [0.1, 0.15) is 6.42 Å². The lowest BCUT2D eigenvalue weighted by molar-refractivity contribution is 0.562. The second-order valence-corrected chi connectivity index (χ2v) is 7.93. The number of hydrogen-bond acceptors (Lipinski definition) is 4. The summed E-state index contributed by atoms with van der Waals surface area (Å²) < 4.78 is 28.5. The van der Waals surface area contributed by atoms with E-state index in [2.05, 4.69) is 41.9 Å². The van der Waals surface area contributed by atoms with Crippen molar-refractivity contribution in [2.24, 2.45) is 0 Å². The molecule has 0 radical (unpaired) electrons. The third kappa shape index (κ3) is 3.65. The summed E-state index contributed by atoms with van der Waals surface area (Å²) in [5.74, 6) is 0. The highest BCUT2D eigenvalue weighted by atomic mass is 79.9. The van der Waals surface area contributed by atoms with Gasteiger partial charge in [-0.3, -0.25) is 0 Å². The van der Waals surface area contributed by atoms with Crippen molar-refractivity contribution < 1.29 is 8.42 Å². The Balaban J connectivity index is 0.00000144. The smallest absolute Gasteiger partial charge is 0.251 e. The molecule has 1 aromatic rings. The molecule has 4 nitrogen and oxygen atoms in total. The van der Waals surface area contributed by atoms with E-state index in [1.165, 1.54) is 11.3 Å². The highest BCUT2D eigenvalue weighted by molar-refractivity contribution is 9.13. The molecule has 0 aromatic carbocycles. The molecular formula is C8H11Br2ClN2O2S2. The molecule has 0 amide bonds. The van der Waals surface area contributed by atoms with Gasteiger partial charge < -0.3 is 5.32 Å². The maximum Gasteiger partial charge on any atom is 0.251 e. The van der Waals surface area contributed by atoms with Crippen LogP contribution in [0.4, 0.5) is 0 Å². The van der Waals surface area contributed by atoms with Gasteiger partial charge in [0.2, 0.25) is 0 Å². The predicted octanol–water partition coefficient (Wildman–Crippen LogP) is 2.34. The van der Waals surface area contributed by atoms with Crippen molar-refractivity contribution in [1.29, 1.82) is 0 Å². The van der Waals surface area contributed by atoms with E-state index in [4.69, 9.17) is 0 Å². The van der Waals surface area contributed by atoms with Crippen LogP contribution in [0.5, 0.6) is 0 Å². The van der Waals surface area contributed by atoms with Crippen LogP contribution >= 0.6 is 55.6 Å². The van der Waals surface area contributed by atoms with Crippen LogP contribution in [0.25, 0.3) is 0 Å². The van der Waals surface area contributed by atoms with E-state index in [1.807, 2.05) is 0 Å². The molecule has 1 aliphatic heterocycles. The predicted molar refractivity (Wildman–Crippen MR) is 78.6 cm³/mol. The number of nitrogens with one attached hydrogen (secondary N) is 2. The summed E-state index contributed by atoms with van der Waals surface area (Å²) in [6, 6.07) is -0.00206. The first-order valence-electron chi connectivity index (χ1n) is 4.66. The van der Waals surface area contributed by atoms with Gasteiger partial charge in [0.15, 0.2) is 0 Å². The molecule has 0 aliphatic carbocycles. The first-order valence-corrected chi connectivity index (χ1v) is 8.61. The summed E-state index contributed by atoms with van der Waals surface area (Å²) in [4.78, 5) is 0. The molecule has 0 bridgehead atoms. The molecule has 98 valence electrons. The highest BCUT2D eigenvalue weighted by Crippen LogP contribution is 2.35. The Morgan fingerprint density at radius 1 is 1.47 bits per heavy atom. The van der Waals surface area contributed by atoms with Gasteiger partial charge in [-0.15, -0.1) is 23.7 Å². The minimum Gasteiger partial charge on any atom is -0.315 e. The highest BCUT2D eigenvalue weighted by Gasteiger charge is 2.26. The summed E-state index contributed by atoms with van der Waals surface area (Å²) in [5, 5.41) is 4.88. The molecule has 1 aliphatic rings. The van der Waals surface area contributed by atoms with E-state index < -0.39 is 10.0 Å². The summed E-state index contributed by atoms with van der Waals surface area (Å²) in [6.07, 6.45) is 0.837. The van der Waals surface area contributed by atoms with Gasteiger partial charge >= 0.3 is 0 Å². The van der Waals surface area contributed by atoms with Gasteiger partial charge in [0.05, 0.1) is 4.47 Å². The number of sulfonamides is 1. The van der Waals surface area contributed by atoms with Crippen LogP contribution < -0.4 is 10.0 Å². The summed E-state index contributed by atoms with van der Waals surface area (Å²) >= 11 is 7.75. The first-order chi connectivity index (χ1) is 7.50. The van der Waals surface area contributed by atoms with E-state index in [-0.39, 0.29) is 18.4 Å².